The quantitative estimate of drug-likeness (QED) is 0.708. The Labute approximate surface area is 142 Å². The van der Waals surface area contributed by atoms with Crippen LogP contribution in [0.1, 0.15) is 22.4 Å². The van der Waals surface area contributed by atoms with E-state index >= 15 is 0 Å². The molecule has 0 atom stereocenters. The van der Waals surface area contributed by atoms with Crippen molar-refractivity contribution in [3.63, 3.8) is 0 Å². The van der Waals surface area contributed by atoms with E-state index in [1.54, 1.807) is 0 Å². The summed E-state index contributed by atoms with van der Waals surface area (Å²) in [5.74, 6) is 0.220. The summed E-state index contributed by atoms with van der Waals surface area (Å²) in [7, 11) is 2.13. The van der Waals surface area contributed by atoms with Crippen LogP contribution in [-0.4, -0.2) is 21.9 Å². The third kappa shape index (κ3) is 2.50. The Morgan fingerprint density at radius 2 is 1.83 bits per heavy atom. The Balaban J connectivity index is 1.58. The highest BCUT2D eigenvalue weighted by Crippen LogP contribution is 2.30. The third-order valence-corrected chi connectivity index (χ3v) is 5.14. The highest BCUT2D eigenvalue weighted by molar-refractivity contribution is 5.87. The van der Waals surface area contributed by atoms with Crippen LogP contribution in [0.4, 0.5) is 0 Å². The maximum atomic E-state index is 12.7. The first-order valence-corrected chi connectivity index (χ1v) is 8.52. The van der Waals surface area contributed by atoms with Gasteiger partial charge in [-0.15, -0.1) is 0 Å². The van der Waals surface area contributed by atoms with E-state index in [9.17, 15) is 4.79 Å². The van der Waals surface area contributed by atoms with Crippen LogP contribution in [0.5, 0.6) is 0 Å². The van der Waals surface area contributed by atoms with Crippen LogP contribution in [0, 0.1) is 6.92 Å². The van der Waals surface area contributed by atoms with Crippen molar-refractivity contribution in [1.82, 2.24) is 9.47 Å². The molecule has 0 aliphatic carbocycles. The lowest BCUT2D eigenvalue weighted by molar-refractivity contribution is -0.131. The number of nitrogens with zero attached hydrogens (tertiary/aromatic N) is 2. The second-order valence-corrected chi connectivity index (χ2v) is 6.73. The molecule has 0 radical (unpaired) electrons. The zero-order chi connectivity index (χ0) is 16.7. The third-order valence-electron chi connectivity index (χ3n) is 5.14. The number of aromatic nitrogens is 1. The van der Waals surface area contributed by atoms with Crippen LogP contribution in [0.3, 0.4) is 0 Å². The van der Waals surface area contributed by atoms with Gasteiger partial charge in [0.15, 0.2) is 0 Å². The van der Waals surface area contributed by atoms with E-state index in [0.29, 0.717) is 6.42 Å². The number of aryl methyl sites for hydroxylation is 2. The molecule has 1 aliphatic rings. The summed E-state index contributed by atoms with van der Waals surface area (Å²) in [5.41, 5.74) is 6.27. The van der Waals surface area contributed by atoms with Crippen LogP contribution >= 0.6 is 0 Å². The van der Waals surface area contributed by atoms with Gasteiger partial charge in [0, 0.05) is 48.7 Å². The predicted molar refractivity (Wildman–Crippen MR) is 96.9 cm³/mol. The molecule has 2 aromatic carbocycles. The van der Waals surface area contributed by atoms with Crippen LogP contribution in [0.25, 0.3) is 10.9 Å². The molecule has 0 N–H and O–H groups in total. The van der Waals surface area contributed by atoms with E-state index in [4.69, 9.17) is 0 Å². The maximum absolute atomic E-state index is 12.7. The molecule has 4 rings (SSSR count). The van der Waals surface area contributed by atoms with E-state index in [-0.39, 0.29) is 5.91 Å². The smallest absolute Gasteiger partial charge is 0.227 e. The van der Waals surface area contributed by atoms with Gasteiger partial charge in [-0.25, -0.2) is 0 Å². The first kappa shape index (κ1) is 15.0. The number of carbonyl (C=O) groups excluding carboxylic acids is 1. The van der Waals surface area contributed by atoms with Crippen molar-refractivity contribution in [1.29, 1.82) is 0 Å². The standard InChI is InChI=1S/C21H22N2O/c1-15-7-9-16(10-8-15)13-21(24)23-12-11-20-18(14-23)17-5-3-4-6-19(17)22(20)2/h3-10H,11-14H2,1-2H3. The van der Waals surface area contributed by atoms with Crippen molar-refractivity contribution in [2.45, 2.75) is 26.3 Å². The molecule has 3 nitrogen and oxygen atoms in total. The monoisotopic (exact) mass is 318 g/mol. The number of hydrogen-bond acceptors (Lipinski definition) is 1. The van der Waals surface area contributed by atoms with E-state index in [1.807, 2.05) is 4.90 Å². The molecule has 0 spiro atoms. The number of carbonyl (C=O) groups is 1. The molecule has 0 saturated heterocycles. The van der Waals surface area contributed by atoms with Gasteiger partial charge in [0.2, 0.25) is 5.91 Å². The summed E-state index contributed by atoms with van der Waals surface area (Å²) in [6.07, 6.45) is 1.42. The molecule has 3 aromatic rings. The largest absolute Gasteiger partial charge is 0.347 e. The topological polar surface area (TPSA) is 25.2 Å². The maximum Gasteiger partial charge on any atom is 0.227 e. The summed E-state index contributed by atoms with van der Waals surface area (Å²) < 4.78 is 2.28. The van der Waals surface area contributed by atoms with E-state index in [1.165, 1.54) is 27.7 Å². The van der Waals surface area contributed by atoms with E-state index < -0.39 is 0 Å². The minimum atomic E-state index is 0.220. The highest BCUT2D eigenvalue weighted by Gasteiger charge is 2.25. The number of fused-ring (bicyclic) bond motifs is 3. The molecule has 3 heteroatoms. The van der Waals surface area contributed by atoms with Gasteiger partial charge in [-0.05, 0) is 18.6 Å². The van der Waals surface area contributed by atoms with Crippen LogP contribution < -0.4 is 0 Å². The van der Waals surface area contributed by atoms with Crippen molar-refractivity contribution in [3.05, 3.63) is 70.9 Å². The van der Waals surface area contributed by atoms with Gasteiger partial charge in [0.05, 0.1) is 6.42 Å². The fourth-order valence-corrected chi connectivity index (χ4v) is 3.74. The first-order chi connectivity index (χ1) is 11.6. The molecule has 122 valence electrons. The number of benzene rings is 2. The molecule has 1 amide bonds. The van der Waals surface area contributed by atoms with E-state index in [2.05, 4.69) is 67.1 Å². The van der Waals surface area contributed by atoms with Gasteiger partial charge in [-0.1, -0.05) is 48.0 Å². The Hall–Kier alpha value is -2.55. The zero-order valence-corrected chi connectivity index (χ0v) is 14.2. The Morgan fingerprint density at radius 3 is 2.62 bits per heavy atom. The number of hydrogen-bond donors (Lipinski definition) is 0. The van der Waals surface area contributed by atoms with E-state index in [0.717, 1.165) is 25.1 Å². The van der Waals surface area contributed by atoms with Gasteiger partial charge >= 0.3 is 0 Å². The summed E-state index contributed by atoms with van der Waals surface area (Å²) in [5, 5.41) is 1.28. The summed E-state index contributed by atoms with van der Waals surface area (Å²) in [4.78, 5) is 14.7. The van der Waals surface area contributed by atoms with Crippen LogP contribution in [0.15, 0.2) is 48.5 Å². The molecule has 0 unspecified atom stereocenters. The lowest BCUT2D eigenvalue weighted by Crippen LogP contribution is -2.37. The normalized spacial score (nSPS) is 14.0. The van der Waals surface area contributed by atoms with Gasteiger partial charge in [0.25, 0.3) is 0 Å². The van der Waals surface area contributed by atoms with Gasteiger partial charge in [0.1, 0.15) is 0 Å². The van der Waals surface area contributed by atoms with Crippen molar-refractivity contribution in [2.24, 2.45) is 7.05 Å². The fraction of sp³-hybridized carbons (Fsp3) is 0.286. The molecule has 24 heavy (non-hydrogen) atoms. The average Bonchev–Trinajstić information content (AvgIpc) is 2.90. The molecule has 1 aliphatic heterocycles. The lowest BCUT2D eigenvalue weighted by Gasteiger charge is -2.28. The second-order valence-electron chi connectivity index (χ2n) is 6.73. The Kier molecular flexibility index (Phi) is 3.64. The molecule has 2 heterocycles. The number of amides is 1. The molecular weight excluding hydrogens is 296 g/mol. The highest BCUT2D eigenvalue weighted by atomic mass is 16.2. The van der Waals surface area contributed by atoms with Gasteiger partial charge in [-0.2, -0.15) is 0 Å². The van der Waals surface area contributed by atoms with Crippen LogP contribution in [-0.2, 0) is 31.2 Å². The zero-order valence-electron chi connectivity index (χ0n) is 14.2. The molecule has 0 fully saturated rings. The first-order valence-electron chi connectivity index (χ1n) is 8.52. The molecule has 0 bridgehead atoms. The average molecular weight is 318 g/mol. The van der Waals surface area contributed by atoms with Crippen molar-refractivity contribution in [2.75, 3.05) is 6.54 Å². The summed E-state index contributed by atoms with van der Waals surface area (Å²) >= 11 is 0. The molecule has 0 saturated carbocycles. The molecule has 1 aromatic heterocycles. The SMILES string of the molecule is Cc1ccc(CC(=O)N2CCc3c(c4ccccc4n3C)C2)cc1. The van der Waals surface area contributed by atoms with Crippen molar-refractivity contribution >= 4 is 16.8 Å². The summed E-state index contributed by atoms with van der Waals surface area (Å²) in [6.45, 7) is 3.60. The van der Waals surface area contributed by atoms with Gasteiger partial charge in [-0.3, -0.25) is 4.79 Å². The van der Waals surface area contributed by atoms with Crippen molar-refractivity contribution in [3.8, 4) is 0 Å². The van der Waals surface area contributed by atoms with Gasteiger partial charge < -0.3 is 9.47 Å². The van der Waals surface area contributed by atoms with Crippen molar-refractivity contribution < 1.29 is 4.79 Å². The Bertz CT molecular complexity index is 905. The number of rotatable bonds is 2. The molecular formula is C21H22N2O. The lowest BCUT2D eigenvalue weighted by atomic mass is 10.0. The minimum Gasteiger partial charge on any atom is -0.347 e. The van der Waals surface area contributed by atoms with Crippen LogP contribution in [0.2, 0.25) is 0 Å². The minimum absolute atomic E-state index is 0.220. The predicted octanol–water partition coefficient (Wildman–Crippen LogP) is 3.61. The summed E-state index contributed by atoms with van der Waals surface area (Å²) in [6, 6.07) is 16.7. The number of para-hydroxylation sites is 1. The Morgan fingerprint density at radius 1 is 1.08 bits per heavy atom. The fourth-order valence-electron chi connectivity index (χ4n) is 3.74. The second kappa shape index (κ2) is 5.82.